The molecule has 0 radical (unpaired) electrons. The standard InChI is InChI=1S/C18H23N3O3S.ClH/c1-3-19-14(2)13-20-18(22)15-9-11-16(12-10-15)21-25(23,24)17-7-5-4-6-8-17;/h4-12,14,19,21H,3,13H2,1-2H3,(H,20,22);1H/t14-;/m1./s1. The number of rotatable bonds is 8. The lowest BCUT2D eigenvalue weighted by molar-refractivity contribution is 0.0950. The van der Waals surface area contributed by atoms with E-state index in [0.29, 0.717) is 17.8 Å². The summed E-state index contributed by atoms with van der Waals surface area (Å²) in [6, 6.07) is 14.6. The van der Waals surface area contributed by atoms with Crippen LogP contribution in [-0.4, -0.2) is 33.5 Å². The fourth-order valence-electron chi connectivity index (χ4n) is 2.27. The van der Waals surface area contributed by atoms with Crippen LogP contribution in [0.4, 0.5) is 5.69 Å². The van der Waals surface area contributed by atoms with E-state index in [1.54, 1.807) is 42.5 Å². The van der Waals surface area contributed by atoms with Gasteiger partial charge in [0.2, 0.25) is 0 Å². The fraction of sp³-hybridized carbons (Fsp3) is 0.278. The van der Waals surface area contributed by atoms with E-state index in [-0.39, 0.29) is 29.3 Å². The number of carbonyl (C=O) groups excluding carboxylic acids is 1. The highest BCUT2D eigenvalue weighted by molar-refractivity contribution is 7.92. The number of sulfonamides is 1. The van der Waals surface area contributed by atoms with Crippen molar-refractivity contribution in [1.29, 1.82) is 0 Å². The second-order valence-corrected chi connectivity index (χ2v) is 7.35. The number of nitrogens with one attached hydrogen (secondary N) is 3. The normalized spacial score (nSPS) is 11.9. The third-order valence-electron chi connectivity index (χ3n) is 3.57. The molecule has 3 N–H and O–H groups in total. The Balaban J connectivity index is 0.00000338. The number of carbonyl (C=O) groups is 1. The van der Waals surface area contributed by atoms with Gasteiger partial charge in [-0.2, -0.15) is 0 Å². The van der Waals surface area contributed by atoms with Gasteiger partial charge >= 0.3 is 0 Å². The molecule has 0 unspecified atom stereocenters. The summed E-state index contributed by atoms with van der Waals surface area (Å²) in [6.45, 7) is 5.36. The second kappa shape index (κ2) is 10.2. The topological polar surface area (TPSA) is 87.3 Å². The fourth-order valence-corrected chi connectivity index (χ4v) is 3.35. The van der Waals surface area contributed by atoms with Crippen molar-refractivity contribution in [2.45, 2.75) is 24.8 Å². The molecule has 142 valence electrons. The molecular weight excluding hydrogens is 374 g/mol. The monoisotopic (exact) mass is 397 g/mol. The highest BCUT2D eigenvalue weighted by atomic mass is 35.5. The largest absolute Gasteiger partial charge is 0.350 e. The van der Waals surface area contributed by atoms with E-state index >= 15 is 0 Å². The van der Waals surface area contributed by atoms with Crippen molar-refractivity contribution in [3.05, 3.63) is 60.2 Å². The number of benzene rings is 2. The molecular formula is C18H24ClN3O3S. The maximum atomic E-state index is 12.3. The molecule has 0 aliphatic rings. The Morgan fingerprint density at radius 2 is 1.65 bits per heavy atom. The highest BCUT2D eigenvalue weighted by Crippen LogP contribution is 2.16. The van der Waals surface area contributed by atoms with Crippen LogP contribution in [0.1, 0.15) is 24.2 Å². The van der Waals surface area contributed by atoms with E-state index in [4.69, 9.17) is 0 Å². The lowest BCUT2D eigenvalue weighted by atomic mass is 10.2. The van der Waals surface area contributed by atoms with E-state index in [2.05, 4.69) is 15.4 Å². The quantitative estimate of drug-likeness (QED) is 0.639. The van der Waals surface area contributed by atoms with Crippen LogP contribution in [0.5, 0.6) is 0 Å². The maximum Gasteiger partial charge on any atom is 0.261 e. The van der Waals surface area contributed by atoms with Gasteiger partial charge in [-0.15, -0.1) is 12.4 Å². The Morgan fingerprint density at radius 1 is 1.04 bits per heavy atom. The number of amides is 1. The Kier molecular flexibility index (Phi) is 8.57. The van der Waals surface area contributed by atoms with Gasteiger partial charge in [0, 0.05) is 23.8 Å². The van der Waals surface area contributed by atoms with Crippen LogP contribution in [-0.2, 0) is 10.0 Å². The van der Waals surface area contributed by atoms with Crippen LogP contribution < -0.4 is 15.4 Å². The van der Waals surface area contributed by atoms with Crippen LogP contribution in [0.15, 0.2) is 59.5 Å². The number of hydrogen-bond donors (Lipinski definition) is 3. The molecule has 2 aromatic carbocycles. The van der Waals surface area contributed by atoms with E-state index in [0.717, 1.165) is 6.54 Å². The molecule has 6 nitrogen and oxygen atoms in total. The first-order valence-corrected chi connectivity index (χ1v) is 9.60. The predicted molar refractivity (Wildman–Crippen MR) is 106 cm³/mol. The molecule has 0 fully saturated rings. The van der Waals surface area contributed by atoms with Crippen molar-refractivity contribution in [1.82, 2.24) is 10.6 Å². The molecule has 0 spiro atoms. The second-order valence-electron chi connectivity index (χ2n) is 5.66. The van der Waals surface area contributed by atoms with E-state index in [1.807, 2.05) is 13.8 Å². The molecule has 0 aliphatic heterocycles. The molecule has 0 aromatic heterocycles. The molecule has 26 heavy (non-hydrogen) atoms. The minimum atomic E-state index is -3.63. The van der Waals surface area contributed by atoms with E-state index in [1.165, 1.54) is 12.1 Å². The summed E-state index contributed by atoms with van der Waals surface area (Å²) in [5.74, 6) is -0.192. The number of likely N-dealkylation sites (N-methyl/N-ethyl adjacent to an activating group) is 1. The molecule has 1 amide bonds. The third kappa shape index (κ3) is 6.33. The van der Waals surface area contributed by atoms with Crippen molar-refractivity contribution >= 4 is 34.0 Å². The van der Waals surface area contributed by atoms with Gasteiger partial charge in [0.15, 0.2) is 0 Å². The minimum absolute atomic E-state index is 0. The molecule has 8 heteroatoms. The van der Waals surface area contributed by atoms with Gasteiger partial charge in [0.05, 0.1) is 4.90 Å². The Morgan fingerprint density at radius 3 is 2.23 bits per heavy atom. The first-order chi connectivity index (χ1) is 11.9. The summed E-state index contributed by atoms with van der Waals surface area (Å²) in [5.41, 5.74) is 0.882. The third-order valence-corrected chi connectivity index (χ3v) is 4.97. The SMILES string of the molecule is CCN[C@H](C)CNC(=O)c1ccc(NS(=O)(=O)c2ccccc2)cc1.Cl. The van der Waals surface area contributed by atoms with Gasteiger partial charge in [-0.1, -0.05) is 25.1 Å². The molecule has 2 aromatic rings. The molecule has 0 saturated carbocycles. The molecule has 0 saturated heterocycles. The number of hydrogen-bond acceptors (Lipinski definition) is 4. The van der Waals surface area contributed by atoms with Crippen LogP contribution >= 0.6 is 12.4 Å². The van der Waals surface area contributed by atoms with Crippen molar-refractivity contribution in [2.24, 2.45) is 0 Å². The van der Waals surface area contributed by atoms with E-state index < -0.39 is 10.0 Å². The minimum Gasteiger partial charge on any atom is -0.350 e. The van der Waals surface area contributed by atoms with Crippen LogP contribution in [0.25, 0.3) is 0 Å². The molecule has 0 bridgehead atoms. The Labute approximate surface area is 160 Å². The van der Waals surface area contributed by atoms with Gasteiger partial charge in [-0.25, -0.2) is 8.42 Å². The van der Waals surface area contributed by atoms with Crippen LogP contribution in [0.2, 0.25) is 0 Å². The van der Waals surface area contributed by atoms with Gasteiger partial charge in [-0.05, 0) is 49.9 Å². The summed E-state index contributed by atoms with van der Waals surface area (Å²) in [5, 5.41) is 6.05. The zero-order valence-corrected chi connectivity index (χ0v) is 16.4. The lowest BCUT2D eigenvalue weighted by Gasteiger charge is -2.13. The van der Waals surface area contributed by atoms with Gasteiger partial charge in [0.25, 0.3) is 15.9 Å². The van der Waals surface area contributed by atoms with Gasteiger partial charge < -0.3 is 10.6 Å². The molecule has 1 atom stereocenters. The summed E-state index contributed by atoms with van der Waals surface area (Å²) in [6.07, 6.45) is 0. The predicted octanol–water partition coefficient (Wildman–Crippen LogP) is 2.64. The van der Waals surface area contributed by atoms with Crippen molar-refractivity contribution in [3.8, 4) is 0 Å². The number of halogens is 1. The summed E-state index contributed by atoms with van der Waals surface area (Å²) < 4.78 is 27.0. The smallest absolute Gasteiger partial charge is 0.261 e. The summed E-state index contributed by atoms with van der Waals surface area (Å²) in [4.78, 5) is 12.3. The molecule has 2 rings (SSSR count). The van der Waals surface area contributed by atoms with Crippen LogP contribution in [0, 0.1) is 0 Å². The Hall–Kier alpha value is -2.09. The summed E-state index contributed by atoms with van der Waals surface area (Å²) >= 11 is 0. The zero-order valence-electron chi connectivity index (χ0n) is 14.7. The van der Waals surface area contributed by atoms with E-state index in [9.17, 15) is 13.2 Å². The lowest BCUT2D eigenvalue weighted by Crippen LogP contribution is -2.38. The maximum absolute atomic E-state index is 12.3. The molecule has 0 aliphatic carbocycles. The van der Waals surface area contributed by atoms with Crippen molar-refractivity contribution in [3.63, 3.8) is 0 Å². The van der Waals surface area contributed by atoms with Crippen molar-refractivity contribution < 1.29 is 13.2 Å². The highest BCUT2D eigenvalue weighted by Gasteiger charge is 2.14. The first-order valence-electron chi connectivity index (χ1n) is 8.12. The van der Waals surface area contributed by atoms with Crippen LogP contribution in [0.3, 0.4) is 0 Å². The van der Waals surface area contributed by atoms with Gasteiger partial charge in [-0.3, -0.25) is 9.52 Å². The summed E-state index contributed by atoms with van der Waals surface area (Å²) in [7, 11) is -3.63. The zero-order chi connectivity index (χ0) is 18.3. The molecule has 0 heterocycles. The van der Waals surface area contributed by atoms with Gasteiger partial charge in [0.1, 0.15) is 0 Å². The average molecular weight is 398 g/mol. The van der Waals surface area contributed by atoms with Crippen molar-refractivity contribution in [2.75, 3.05) is 17.8 Å². The Bertz CT molecular complexity index is 796. The number of anilines is 1. The average Bonchev–Trinajstić information content (AvgIpc) is 2.61. The first kappa shape index (κ1) is 22.0.